The smallest absolute Gasteiger partial charge is 0.228 e. The van der Waals surface area contributed by atoms with E-state index in [1.807, 2.05) is 69.6 Å². The van der Waals surface area contributed by atoms with E-state index in [1.165, 1.54) is 0 Å². The molecule has 0 saturated carbocycles. The van der Waals surface area contributed by atoms with Gasteiger partial charge in [-0.1, -0.05) is 37.3 Å². The molecule has 33 heavy (non-hydrogen) atoms. The van der Waals surface area contributed by atoms with Gasteiger partial charge in [0.2, 0.25) is 11.8 Å². The minimum atomic E-state index is -0.282. The summed E-state index contributed by atoms with van der Waals surface area (Å²) in [5.41, 5.74) is 2.29. The second kappa shape index (κ2) is 11.3. The fourth-order valence-corrected chi connectivity index (χ4v) is 4.07. The molecule has 7 heteroatoms. The Kier molecular flexibility index (Phi) is 8.47. The Morgan fingerprint density at radius 1 is 1.24 bits per heavy atom. The monoisotopic (exact) mass is 453 g/mol. The highest BCUT2D eigenvalue weighted by Crippen LogP contribution is 2.29. The molecule has 2 aromatic rings. The van der Waals surface area contributed by atoms with E-state index in [-0.39, 0.29) is 49.3 Å². The van der Waals surface area contributed by atoms with Crippen molar-refractivity contribution in [2.45, 2.75) is 38.8 Å². The molecule has 0 unspecified atom stereocenters. The van der Waals surface area contributed by atoms with Crippen molar-refractivity contribution in [3.8, 4) is 5.75 Å². The van der Waals surface area contributed by atoms with Gasteiger partial charge >= 0.3 is 0 Å². The van der Waals surface area contributed by atoms with Gasteiger partial charge in [0.1, 0.15) is 11.9 Å². The van der Waals surface area contributed by atoms with Crippen LogP contribution in [0.3, 0.4) is 0 Å². The molecule has 178 valence electrons. The van der Waals surface area contributed by atoms with E-state index in [4.69, 9.17) is 4.74 Å². The van der Waals surface area contributed by atoms with E-state index in [9.17, 15) is 14.7 Å². The quantitative estimate of drug-likeness (QED) is 0.674. The van der Waals surface area contributed by atoms with Gasteiger partial charge in [0, 0.05) is 30.3 Å². The molecule has 0 fully saturated rings. The summed E-state index contributed by atoms with van der Waals surface area (Å²) in [7, 11) is 3.99. The predicted molar refractivity (Wildman–Crippen MR) is 129 cm³/mol. The number of hydrogen-bond acceptors (Lipinski definition) is 5. The maximum atomic E-state index is 13.2. The third-order valence-corrected chi connectivity index (χ3v) is 5.95. The van der Waals surface area contributed by atoms with E-state index in [2.05, 4.69) is 17.1 Å². The number of anilines is 1. The maximum absolute atomic E-state index is 13.2. The number of carbonyl (C=O) groups excluding carboxylic acids is 2. The summed E-state index contributed by atoms with van der Waals surface area (Å²) in [4.78, 5) is 29.5. The van der Waals surface area contributed by atoms with Gasteiger partial charge in [-0.25, -0.2) is 0 Å². The van der Waals surface area contributed by atoms with Crippen LogP contribution in [-0.2, 0) is 22.4 Å². The summed E-state index contributed by atoms with van der Waals surface area (Å²) >= 11 is 0. The molecule has 0 radical (unpaired) electrons. The number of nitrogens with zero attached hydrogens (tertiary/aromatic N) is 2. The molecule has 0 saturated heterocycles. The van der Waals surface area contributed by atoms with Crippen molar-refractivity contribution in [2.75, 3.05) is 39.1 Å². The topological polar surface area (TPSA) is 82.1 Å². The Balaban J connectivity index is 1.86. The van der Waals surface area contributed by atoms with Gasteiger partial charge in [-0.05, 0) is 44.8 Å². The molecule has 2 amide bonds. The van der Waals surface area contributed by atoms with Crippen LogP contribution in [0.5, 0.6) is 5.75 Å². The van der Waals surface area contributed by atoms with Crippen LogP contribution in [0.4, 0.5) is 5.69 Å². The predicted octanol–water partition coefficient (Wildman–Crippen LogP) is 2.58. The highest BCUT2D eigenvalue weighted by atomic mass is 16.5. The highest BCUT2D eigenvalue weighted by molar-refractivity contribution is 5.92. The molecule has 7 nitrogen and oxygen atoms in total. The van der Waals surface area contributed by atoms with Crippen LogP contribution < -0.4 is 10.1 Å². The first-order chi connectivity index (χ1) is 15.8. The molecular weight excluding hydrogens is 418 g/mol. The first kappa shape index (κ1) is 24.7. The molecule has 1 aliphatic heterocycles. The Morgan fingerprint density at radius 2 is 1.97 bits per heavy atom. The van der Waals surface area contributed by atoms with Gasteiger partial charge < -0.3 is 25.0 Å². The number of benzene rings is 2. The number of nitrogens with one attached hydrogen (secondary N) is 1. The minimum Gasteiger partial charge on any atom is -0.488 e. The molecule has 0 bridgehead atoms. The summed E-state index contributed by atoms with van der Waals surface area (Å²) < 4.78 is 6.41. The average molecular weight is 454 g/mol. The van der Waals surface area contributed by atoms with Crippen LogP contribution in [0.2, 0.25) is 0 Å². The average Bonchev–Trinajstić information content (AvgIpc) is 2.82. The molecule has 1 heterocycles. The molecular formula is C26H35N3O4. The van der Waals surface area contributed by atoms with Gasteiger partial charge in [0.15, 0.2) is 0 Å². The summed E-state index contributed by atoms with van der Waals surface area (Å²) in [5, 5.41) is 12.7. The first-order valence-corrected chi connectivity index (χ1v) is 11.4. The molecule has 0 aromatic heterocycles. The Bertz CT molecular complexity index is 948. The summed E-state index contributed by atoms with van der Waals surface area (Å²) in [6, 6.07) is 14.8. The van der Waals surface area contributed by atoms with Gasteiger partial charge in [-0.2, -0.15) is 0 Å². The van der Waals surface area contributed by atoms with Crippen LogP contribution >= 0.6 is 0 Å². The number of carbonyl (C=O) groups is 2. The number of hydrogen-bond donors (Lipinski definition) is 2. The zero-order valence-electron chi connectivity index (χ0n) is 20.0. The lowest BCUT2D eigenvalue weighted by molar-refractivity contribution is -0.134. The van der Waals surface area contributed by atoms with E-state index in [1.54, 1.807) is 4.90 Å². The van der Waals surface area contributed by atoms with E-state index < -0.39 is 0 Å². The fraction of sp³-hybridized carbons (Fsp3) is 0.462. The zero-order chi connectivity index (χ0) is 24.0. The maximum Gasteiger partial charge on any atom is 0.228 e. The Labute approximate surface area is 196 Å². The summed E-state index contributed by atoms with van der Waals surface area (Å²) in [6.07, 6.45) is 0.290. The van der Waals surface area contributed by atoms with Crippen molar-refractivity contribution in [1.82, 2.24) is 9.80 Å². The lowest BCUT2D eigenvalue weighted by Gasteiger charge is -2.33. The molecule has 2 N–H and O–H groups in total. The largest absolute Gasteiger partial charge is 0.488 e. The lowest BCUT2D eigenvalue weighted by atomic mass is 10.0. The van der Waals surface area contributed by atoms with Gasteiger partial charge in [-0.15, -0.1) is 0 Å². The summed E-state index contributed by atoms with van der Waals surface area (Å²) in [5.74, 6) is 0.542. The Morgan fingerprint density at radius 3 is 2.64 bits per heavy atom. The summed E-state index contributed by atoms with van der Waals surface area (Å²) in [6.45, 7) is 5.03. The van der Waals surface area contributed by atoms with Crippen LogP contribution in [0, 0.1) is 5.92 Å². The number of fused-ring (bicyclic) bond motifs is 1. The third kappa shape index (κ3) is 6.79. The van der Waals surface area contributed by atoms with Crippen molar-refractivity contribution in [3.63, 3.8) is 0 Å². The molecule has 2 aromatic carbocycles. The minimum absolute atomic E-state index is 0.0634. The fourth-order valence-electron chi connectivity index (χ4n) is 4.07. The van der Waals surface area contributed by atoms with Crippen molar-refractivity contribution in [1.29, 1.82) is 0 Å². The molecule has 3 rings (SSSR count). The van der Waals surface area contributed by atoms with Crippen LogP contribution in [0.25, 0.3) is 0 Å². The van der Waals surface area contributed by atoms with Crippen LogP contribution in [0.15, 0.2) is 48.5 Å². The van der Waals surface area contributed by atoms with Gasteiger partial charge in [-0.3, -0.25) is 9.59 Å². The second-order valence-corrected chi connectivity index (χ2v) is 9.18. The number of likely N-dealkylation sites (N-methyl/N-ethyl adjacent to an activating group) is 1. The highest BCUT2D eigenvalue weighted by Gasteiger charge is 2.30. The number of amides is 2. The number of aliphatic hydroxyl groups excluding tert-OH is 1. The molecule has 0 aliphatic carbocycles. The Hall–Kier alpha value is -2.90. The van der Waals surface area contributed by atoms with E-state index in [0.29, 0.717) is 24.5 Å². The normalized spacial score (nSPS) is 19.7. The zero-order valence-corrected chi connectivity index (χ0v) is 20.0. The molecule has 1 aliphatic rings. The number of aliphatic hydroxyl groups is 1. The lowest BCUT2D eigenvalue weighted by Crippen LogP contribution is -2.47. The van der Waals surface area contributed by atoms with Crippen LogP contribution in [-0.4, -0.2) is 72.7 Å². The third-order valence-electron chi connectivity index (χ3n) is 5.95. The standard InChI is InChI=1S/C26H35N3O4/c1-18-15-29(19(2)17-30)26(32)14-21-13-22(10-11-23(21)33-24(18)16-28(3)4)27-25(31)12-20-8-6-5-7-9-20/h5-11,13,18-19,24,30H,12,14-17H2,1-4H3,(H,27,31)/t18-,19-,24-/m1/s1. The van der Waals surface area contributed by atoms with Gasteiger partial charge in [0.25, 0.3) is 0 Å². The first-order valence-electron chi connectivity index (χ1n) is 11.4. The number of ether oxygens (including phenoxy) is 1. The van der Waals surface area contributed by atoms with Crippen molar-refractivity contribution < 1.29 is 19.4 Å². The van der Waals surface area contributed by atoms with Crippen LogP contribution in [0.1, 0.15) is 25.0 Å². The molecule has 3 atom stereocenters. The van der Waals surface area contributed by atoms with E-state index >= 15 is 0 Å². The van der Waals surface area contributed by atoms with Crippen molar-refractivity contribution >= 4 is 17.5 Å². The SMILES string of the molecule is C[C@@H]1CN([C@H](C)CO)C(=O)Cc2cc(NC(=O)Cc3ccccc3)ccc2O[C@@H]1CN(C)C. The van der Waals surface area contributed by atoms with Gasteiger partial charge in [0.05, 0.1) is 25.5 Å². The second-order valence-electron chi connectivity index (χ2n) is 9.18. The van der Waals surface area contributed by atoms with Crippen molar-refractivity contribution in [3.05, 3.63) is 59.7 Å². The number of rotatable bonds is 7. The van der Waals surface area contributed by atoms with E-state index in [0.717, 1.165) is 11.1 Å². The molecule has 0 spiro atoms. The van der Waals surface area contributed by atoms with Crippen molar-refractivity contribution in [2.24, 2.45) is 5.92 Å².